The molecule has 0 aliphatic heterocycles. The Hall–Kier alpha value is -0.910. The molecule has 1 rings (SSSR count). The lowest BCUT2D eigenvalue weighted by Crippen LogP contribution is -2.42. The van der Waals surface area contributed by atoms with Crippen LogP contribution in [0.2, 0.25) is 0 Å². The third-order valence-electron chi connectivity index (χ3n) is 3.15. The van der Waals surface area contributed by atoms with Crippen LogP contribution in [0.15, 0.2) is 29.2 Å². The molecule has 2 atom stereocenters. The van der Waals surface area contributed by atoms with Gasteiger partial charge in [0.2, 0.25) is 5.91 Å². The molecule has 0 fully saturated rings. The number of thioether (sulfide) groups is 1. The molecule has 126 valence electrons. The lowest BCUT2D eigenvalue weighted by atomic mass is 10.1. The smallest absolute Gasteiger partial charge is 0.236 e. The summed E-state index contributed by atoms with van der Waals surface area (Å²) in [5.41, 5.74) is 5.78. The standard InChI is InChI=1S/C16H26N2O2S.ClH/c1-4-7-13(17)16(19)18-10-12(2)11-21-15-9-6-5-8-14(15)20-3;/h5-6,8-9,12-13H,4,7,10-11,17H2,1-3H3,(H,18,19);1H. The highest BCUT2D eigenvalue weighted by atomic mass is 35.5. The van der Waals surface area contributed by atoms with Gasteiger partial charge in [-0.2, -0.15) is 0 Å². The number of hydrogen-bond donors (Lipinski definition) is 2. The molecule has 1 aromatic rings. The number of benzene rings is 1. The Labute approximate surface area is 144 Å². The zero-order valence-corrected chi connectivity index (χ0v) is 15.1. The number of carbonyl (C=O) groups is 1. The van der Waals surface area contributed by atoms with Crippen LogP contribution in [0.3, 0.4) is 0 Å². The molecule has 1 aromatic carbocycles. The highest BCUT2D eigenvalue weighted by molar-refractivity contribution is 7.99. The van der Waals surface area contributed by atoms with Crippen LogP contribution in [0.4, 0.5) is 0 Å². The molecule has 0 bridgehead atoms. The van der Waals surface area contributed by atoms with Gasteiger partial charge in [0.05, 0.1) is 13.2 Å². The number of rotatable bonds is 9. The molecule has 0 spiro atoms. The van der Waals surface area contributed by atoms with Crippen LogP contribution >= 0.6 is 24.2 Å². The molecule has 0 aromatic heterocycles. The topological polar surface area (TPSA) is 64.4 Å². The summed E-state index contributed by atoms with van der Waals surface area (Å²) in [6.45, 7) is 4.80. The molecule has 1 amide bonds. The van der Waals surface area contributed by atoms with E-state index in [0.29, 0.717) is 12.5 Å². The molecule has 0 heterocycles. The summed E-state index contributed by atoms with van der Waals surface area (Å²) >= 11 is 1.74. The first-order chi connectivity index (χ1) is 10.1. The molecule has 0 aliphatic carbocycles. The van der Waals surface area contributed by atoms with Crippen molar-refractivity contribution in [3.05, 3.63) is 24.3 Å². The van der Waals surface area contributed by atoms with Crippen molar-refractivity contribution in [1.82, 2.24) is 5.32 Å². The van der Waals surface area contributed by atoms with Crippen LogP contribution in [0.25, 0.3) is 0 Å². The molecule has 0 saturated carbocycles. The highest BCUT2D eigenvalue weighted by Crippen LogP contribution is 2.29. The Kier molecular flexibility index (Phi) is 11.1. The highest BCUT2D eigenvalue weighted by Gasteiger charge is 2.13. The SMILES string of the molecule is CCCC(N)C(=O)NCC(C)CSc1ccccc1OC.Cl. The molecule has 0 aliphatic rings. The van der Waals surface area contributed by atoms with E-state index < -0.39 is 0 Å². The second-order valence-corrected chi connectivity index (χ2v) is 6.27. The zero-order valence-electron chi connectivity index (χ0n) is 13.5. The Balaban J connectivity index is 0.00000441. The molecule has 2 unspecified atom stereocenters. The van der Waals surface area contributed by atoms with Gasteiger partial charge in [-0.1, -0.05) is 32.4 Å². The van der Waals surface area contributed by atoms with Crippen molar-refractivity contribution in [2.75, 3.05) is 19.4 Å². The van der Waals surface area contributed by atoms with E-state index in [1.165, 1.54) is 0 Å². The summed E-state index contributed by atoms with van der Waals surface area (Å²) in [6, 6.07) is 7.58. The van der Waals surface area contributed by atoms with Crippen LogP contribution in [0.1, 0.15) is 26.7 Å². The van der Waals surface area contributed by atoms with Crippen LogP contribution in [0, 0.1) is 5.92 Å². The first kappa shape index (κ1) is 21.1. The number of hydrogen-bond acceptors (Lipinski definition) is 4. The maximum Gasteiger partial charge on any atom is 0.236 e. The zero-order chi connectivity index (χ0) is 15.7. The van der Waals surface area contributed by atoms with Crippen molar-refractivity contribution < 1.29 is 9.53 Å². The van der Waals surface area contributed by atoms with E-state index in [2.05, 4.69) is 12.2 Å². The number of halogens is 1. The van der Waals surface area contributed by atoms with Gasteiger partial charge < -0.3 is 15.8 Å². The van der Waals surface area contributed by atoms with E-state index in [1.807, 2.05) is 31.2 Å². The van der Waals surface area contributed by atoms with Gasteiger partial charge in [0.25, 0.3) is 0 Å². The van der Waals surface area contributed by atoms with Crippen LogP contribution in [-0.4, -0.2) is 31.4 Å². The largest absolute Gasteiger partial charge is 0.496 e. The van der Waals surface area contributed by atoms with Gasteiger partial charge in [-0.25, -0.2) is 0 Å². The molecular weight excluding hydrogens is 320 g/mol. The lowest BCUT2D eigenvalue weighted by molar-refractivity contribution is -0.122. The number of amides is 1. The number of methoxy groups -OCH3 is 1. The third kappa shape index (κ3) is 7.38. The average molecular weight is 347 g/mol. The molecular formula is C16H27ClN2O2S. The van der Waals surface area contributed by atoms with Crippen molar-refractivity contribution in [1.29, 1.82) is 0 Å². The molecule has 4 nitrogen and oxygen atoms in total. The number of para-hydroxylation sites is 1. The normalized spacial score (nSPS) is 12.9. The third-order valence-corrected chi connectivity index (χ3v) is 4.54. The van der Waals surface area contributed by atoms with Gasteiger partial charge in [-0.15, -0.1) is 24.2 Å². The van der Waals surface area contributed by atoms with Crippen molar-refractivity contribution in [2.45, 2.75) is 37.6 Å². The predicted molar refractivity (Wildman–Crippen MR) is 96.0 cm³/mol. The molecule has 0 saturated heterocycles. The van der Waals surface area contributed by atoms with E-state index in [-0.39, 0.29) is 24.4 Å². The average Bonchev–Trinajstić information content (AvgIpc) is 2.50. The fraction of sp³-hybridized carbons (Fsp3) is 0.562. The van der Waals surface area contributed by atoms with Crippen LogP contribution in [-0.2, 0) is 4.79 Å². The van der Waals surface area contributed by atoms with E-state index >= 15 is 0 Å². The minimum absolute atomic E-state index is 0. The van der Waals surface area contributed by atoms with Gasteiger partial charge in [0, 0.05) is 17.2 Å². The fourth-order valence-corrected chi connectivity index (χ4v) is 2.93. The predicted octanol–water partition coefficient (Wildman–Crippen LogP) is 3.09. The van der Waals surface area contributed by atoms with Gasteiger partial charge in [-0.3, -0.25) is 4.79 Å². The summed E-state index contributed by atoms with van der Waals surface area (Å²) in [5.74, 6) is 2.14. The molecule has 3 N–H and O–H groups in total. The first-order valence-corrected chi connectivity index (χ1v) is 8.36. The molecule has 22 heavy (non-hydrogen) atoms. The number of nitrogens with two attached hydrogens (primary N) is 1. The maximum absolute atomic E-state index is 11.7. The summed E-state index contributed by atoms with van der Waals surface area (Å²) in [4.78, 5) is 12.9. The quantitative estimate of drug-likeness (QED) is 0.674. The Morgan fingerprint density at radius 1 is 1.41 bits per heavy atom. The van der Waals surface area contributed by atoms with Crippen molar-refractivity contribution in [3.63, 3.8) is 0 Å². The second kappa shape index (κ2) is 11.6. The van der Waals surface area contributed by atoms with Gasteiger partial charge in [0.1, 0.15) is 5.75 Å². The summed E-state index contributed by atoms with van der Waals surface area (Å²) in [5, 5.41) is 2.92. The summed E-state index contributed by atoms with van der Waals surface area (Å²) in [7, 11) is 1.68. The van der Waals surface area contributed by atoms with Gasteiger partial charge in [-0.05, 0) is 24.5 Å². The van der Waals surface area contributed by atoms with Crippen molar-refractivity contribution >= 4 is 30.1 Å². The van der Waals surface area contributed by atoms with Crippen LogP contribution < -0.4 is 15.8 Å². The number of ether oxygens (including phenoxy) is 1. The van der Waals surface area contributed by atoms with Gasteiger partial charge >= 0.3 is 0 Å². The second-order valence-electron chi connectivity index (χ2n) is 5.21. The lowest BCUT2D eigenvalue weighted by Gasteiger charge is -2.16. The van der Waals surface area contributed by atoms with E-state index in [0.717, 1.165) is 29.2 Å². The minimum atomic E-state index is -0.385. The first-order valence-electron chi connectivity index (χ1n) is 7.37. The van der Waals surface area contributed by atoms with Gasteiger partial charge in [0.15, 0.2) is 0 Å². The Bertz CT molecular complexity index is 446. The molecule has 6 heteroatoms. The Morgan fingerprint density at radius 2 is 2.09 bits per heavy atom. The van der Waals surface area contributed by atoms with Crippen molar-refractivity contribution in [2.24, 2.45) is 11.7 Å². The number of carbonyl (C=O) groups excluding carboxylic acids is 1. The summed E-state index contributed by atoms with van der Waals surface area (Å²) in [6.07, 6.45) is 1.66. The van der Waals surface area contributed by atoms with E-state index in [4.69, 9.17) is 10.5 Å². The van der Waals surface area contributed by atoms with Crippen LogP contribution in [0.5, 0.6) is 5.75 Å². The maximum atomic E-state index is 11.7. The minimum Gasteiger partial charge on any atom is -0.496 e. The molecule has 0 radical (unpaired) electrons. The Morgan fingerprint density at radius 3 is 2.73 bits per heavy atom. The summed E-state index contributed by atoms with van der Waals surface area (Å²) < 4.78 is 5.33. The fourth-order valence-electron chi connectivity index (χ4n) is 1.88. The van der Waals surface area contributed by atoms with E-state index in [1.54, 1.807) is 18.9 Å². The van der Waals surface area contributed by atoms with Crippen molar-refractivity contribution in [3.8, 4) is 5.75 Å². The monoisotopic (exact) mass is 346 g/mol. The van der Waals surface area contributed by atoms with E-state index in [9.17, 15) is 4.79 Å². The number of nitrogens with one attached hydrogen (secondary N) is 1.